The number of nitrogens with one attached hydrogen (secondary N) is 1. The lowest BCUT2D eigenvalue weighted by Gasteiger charge is -2.17. The second-order valence-electron chi connectivity index (χ2n) is 5.62. The van der Waals surface area contributed by atoms with E-state index in [4.69, 9.17) is 4.74 Å². The molecule has 0 spiro atoms. The van der Waals surface area contributed by atoms with Crippen LogP contribution in [0.1, 0.15) is 32.4 Å². The number of anilines is 1. The molecule has 0 radical (unpaired) electrons. The largest absolute Gasteiger partial charge is 0.493 e. The lowest BCUT2D eigenvalue weighted by Crippen LogP contribution is -2.08. The molecule has 1 atom stereocenters. The number of rotatable bonds is 6. The fourth-order valence-corrected chi connectivity index (χ4v) is 2.55. The molecule has 1 unspecified atom stereocenters. The van der Waals surface area contributed by atoms with Crippen molar-refractivity contribution in [2.75, 3.05) is 11.9 Å². The topological polar surface area (TPSA) is 21.3 Å². The van der Waals surface area contributed by atoms with Gasteiger partial charge in [-0.25, -0.2) is 0 Å². The van der Waals surface area contributed by atoms with Crippen LogP contribution in [0.5, 0.6) is 5.75 Å². The fourth-order valence-electron chi connectivity index (χ4n) is 2.01. The third-order valence-electron chi connectivity index (χ3n) is 3.21. The number of halogens is 1. The maximum Gasteiger partial charge on any atom is 0.119 e. The predicted molar refractivity (Wildman–Crippen MR) is 98.0 cm³/mol. The van der Waals surface area contributed by atoms with Gasteiger partial charge in [0.05, 0.1) is 6.61 Å². The lowest BCUT2D eigenvalue weighted by molar-refractivity contribution is 0.271. The normalized spacial score (nSPS) is 12.2. The molecule has 3 heteroatoms. The summed E-state index contributed by atoms with van der Waals surface area (Å²) in [7, 11) is 0. The third-order valence-corrected chi connectivity index (χ3v) is 4.15. The van der Waals surface area contributed by atoms with Crippen LogP contribution in [-0.4, -0.2) is 6.61 Å². The van der Waals surface area contributed by atoms with Crippen LogP contribution in [0.3, 0.4) is 0 Å². The highest BCUT2D eigenvalue weighted by molar-refractivity contribution is 14.1. The van der Waals surface area contributed by atoms with Crippen molar-refractivity contribution in [3.8, 4) is 5.75 Å². The monoisotopic (exact) mass is 395 g/mol. The van der Waals surface area contributed by atoms with Crippen LogP contribution in [0.25, 0.3) is 0 Å². The molecule has 2 rings (SSSR count). The summed E-state index contributed by atoms with van der Waals surface area (Å²) in [6, 6.07) is 16.9. The van der Waals surface area contributed by atoms with Crippen LogP contribution >= 0.6 is 22.6 Å². The summed E-state index contributed by atoms with van der Waals surface area (Å²) in [5.74, 6) is 1.49. The van der Waals surface area contributed by atoms with Crippen molar-refractivity contribution in [2.45, 2.75) is 26.8 Å². The van der Waals surface area contributed by atoms with E-state index < -0.39 is 0 Å². The molecule has 0 aliphatic rings. The van der Waals surface area contributed by atoms with Crippen molar-refractivity contribution >= 4 is 28.3 Å². The first-order chi connectivity index (χ1) is 10.1. The quantitative estimate of drug-likeness (QED) is 0.653. The van der Waals surface area contributed by atoms with Crippen LogP contribution in [0.15, 0.2) is 48.5 Å². The fraction of sp³-hybridized carbons (Fsp3) is 0.333. The van der Waals surface area contributed by atoms with Crippen LogP contribution in [0.2, 0.25) is 0 Å². The van der Waals surface area contributed by atoms with Crippen LogP contribution in [0.4, 0.5) is 5.69 Å². The Morgan fingerprint density at radius 2 is 1.67 bits per heavy atom. The van der Waals surface area contributed by atoms with Crippen molar-refractivity contribution in [2.24, 2.45) is 5.92 Å². The summed E-state index contributed by atoms with van der Waals surface area (Å²) >= 11 is 2.35. The summed E-state index contributed by atoms with van der Waals surface area (Å²) in [6.07, 6.45) is 0. The molecule has 1 N–H and O–H groups in total. The second-order valence-corrected chi connectivity index (χ2v) is 6.78. The number of hydrogen-bond donors (Lipinski definition) is 1. The summed E-state index contributed by atoms with van der Waals surface area (Å²) in [5, 5.41) is 3.55. The molecule has 0 aliphatic heterocycles. The van der Waals surface area contributed by atoms with Gasteiger partial charge in [-0.15, -0.1) is 0 Å². The van der Waals surface area contributed by atoms with Gasteiger partial charge in [0.1, 0.15) is 5.75 Å². The molecule has 0 saturated heterocycles. The first kappa shape index (κ1) is 16.1. The highest BCUT2D eigenvalue weighted by Gasteiger charge is 2.07. The molecule has 0 saturated carbocycles. The zero-order valence-electron chi connectivity index (χ0n) is 12.8. The van der Waals surface area contributed by atoms with Crippen molar-refractivity contribution in [1.82, 2.24) is 0 Å². The van der Waals surface area contributed by atoms with Gasteiger partial charge in [-0.05, 0) is 65.3 Å². The van der Waals surface area contributed by atoms with E-state index in [1.807, 2.05) is 12.1 Å². The van der Waals surface area contributed by atoms with E-state index in [1.165, 1.54) is 14.8 Å². The molecule has 0 amide bonds. The SMILES string of the molecule is CC(C)COc1ccc(C(C)Nc2ccccc2I)cc1. The molecule has 2 aromatic rings. The highest BCUT2D eigenvalue weighted by atomic mass is 127. The Kier molecular flexibility index (Phi) is 5.91. The van der Waals surface area contributed by atoms with Gasteiger partial charge in [-0.3, -0.25) is 0 Å². The second kappa shape index (κ2) is 7.69. The van der Waals surface area contributed by atoms with Crippen molar-refractivity contribution in [3.05, 3.63) is 57.7 Å². The number of hydrogen-bond acceptors (Lipinski definition) is 2. The Labute approximate surface area is 141 Å². The van der Waals surface area contributed by atoms with Crippen molar-refractivity contribution < 1.29 is 4.74 Å². The minimum atomic E-state index is 0.264. The molecule has 0 bridgehead atoms. The van der Waals surface area contributed by atoms with E-state index in [0.717, 1.165) is 12.4 Å². The number of ether oxygens (including phenoxy) is 1. The number of benzene rings is 2. The van der Waals surface area contributed by atoms with Gasteiger partial charge in [0, 0.05) is 15.3 Å². The molecule has 0 aromatic heterocycles. The lowest BCUT2D eigenvalue weighted by atomic mass is 10.1. The zero-order chi connectivity index (χ0) is 15.2. The van der Waals surface area contributed by atoms with Crippen LogP contribution < -0.4 is 10.1 Å². The zero-order valence-corrected chi connectivity index (χ0v) is 14.9. The van der Waals surface area contributed by atoms with Gasteiger partial charge in [-0.1, -0.05) is 38.1 Å². The molecule has 0 heterocycles. The summed E-state index contributed by atoms with van der Waals surface area (Å²) in [4.78, 5) is 0. The van der Waals surface area contributed by atoms with Crippen LogP contribution in [-0.2, 0) is 0 Å². The van der Waals surface area contributed by atoms with E-state index in [-0.39, 0.29) is 6.04 Å². The summed E-state index contributed by atoms with van der Waals surface area (Å²) in [6.45, 7) is 7.24. The molecular formula is C18H22INO. The average Bonchev–Trinajstić information content (AvgIpc) is 2.48. The first-order valence-corrected chi connectivity index (χ1v) is 8.38. The van der Waals surface area contributed by atoms with Gasteiger partial charge in [0.25, 0.3) is 0 Å². The van der Waals surface area contributed by atoms with Gasteiger partial charge >= 0.3 is 0 Å². The standard InChI is InChI=1S/C18H22INO/c1-13(2)12-21-16-10-8-15(9-11-16)14(3)20-18-7-5-4-6-17(18)19/h4-11,13-14,20H,12H2,1-3H3. The molecular weight excluding hydrogens is 373 g/mol. The number of para-hydroxylation sites is 1. The Bertz CT molecular complexity index is 566. The minimum absolute atomic E-state index is 0.264. The minimum Gasteiger partial charge on any atom is -0.493 e. The van der Waals surface area contributed by atoms with E-state index in [2.05, 4.69) is 85.1 Å². The first-order valence-electron chi connectivity index (χ1n) is 7.30. The van der Waals surface area contributed by atoms with E-state index in [9.17, 15) is 0 Å². The Morgan fingerprint density at radius 3 is 2.29 bits per heavy atom. The van der Waals surface area contributed by atoms with E-state index in [0.29, 0.717) is 5.92 Å². The van der Waals surface area contributed by atoms with Gasteiger partial charge in [0.2, 0.25) is 0 Å². The Morgan fingerprint density at radius 1 is 1.00 bits per heavy atom. The third kappa shape index (κ3) is 4.92. The smallest absolute Gasteiger partial charge is 0.119 e. The summed E-state index contributed by atoms with van der Waals surface area (Å²) < 4.78 is 6.95. The van der Waals surface area contributed by atoms with E-state index >= 15 is 0 Å². The van der Waals surface area contributed by atoms with Gasteiger partial charge in [-0.2, -0.15) is 0 Å². The highest BCUT2D eigenvalue weighted by Crippen LogP contribution is 2.24. The van der Waals surface area contributed by atoms with Crippen molar-refractivity contribution in [1.29, 1.82) is 0 Å². The molecule has 21 heavy (non-hydrogen) atoms. The van der Waals surface area contributed by atoms with Crippen LogP contribution in [0, 0.1) is 9.49 Å². The van der Waals surface area contributed by atoms with E-state index in [1.54, 1.807) is 0 Å². The molecule has 0 fully saturated rings. The molecule has 2 aromatic carbocycles. The van der Waals surface area contributed by atoms with Gasteiger partial charge < -0.3 is 10.1 Å². The Hall–Kier alpha value is -1.23. The Balaban J connectivity index is 2.00. The maximum atomic E-state index is 5.72. The molecule has 112 valence electrons. The summed E-state index contributed by atoms with van der Waals surface area (Å²) in [5.41, 5.74) is 2.43. The molecule has 0 aliphatic carbocycles. The van der Waals surface area contributed by atoms with Crippen molar-refractivity contribution in [3.63, 3.8) is 0 Å². The van der Waals surface area contributed by atoms with Gasteiger partial charge in [0.15, 0.2) is 0 Å². The predicted octanol–water partition coefficient (Wildman–Crippen LogP) is 5.50. The molecule has 2 nitrogen and oxygen atoms in total. The maximum absolute atomic E-state index is 5.72. The average molecular weight is 395 g/mol.